The van der Waals surface area contributed by atoms with E-state index in [1.54, 1.807) is 31.4 Å². The molecule has 0 saturated carbocycles. The molecule has 1 aromatic heterocycles. The number of amides is 2. The van der Waals surface area contributed by atoms with Crippen LogP contribution in [0.2, 0.25) is 0 Å². The van der Waals surface area contributed by atoms with Crippen molar-refractivity contribution in [2.45, 2.75) is 6.42 Å². The van der Waals surface area contributed by atoms with Gasteiger partial charge in [0, 0.05) is 18.5 Å². The van der Waals surface area contributed by atoms with Crippen molar-refractivity contribution < 1.29 is 18.7 Å². The molecule has 0 bridgehead atoms. The van der Waals surface area contributed by atoms with Crippen LogP contribution in [-0.2, 0) is 9.59 Å². The second-order valence-corrected chi connectivity index (χ2v) is 4.93. The largest absolute Gasteiger partial charge is 0.497 e. The van der Waals surface area contributed by atoms with Crippen LogP contribution < -0.4 is 15.4 Å². The summed E-state index contributed by atoms with van der Waals surface area (Å²) in [6, 6.07) is 7.15. The standard InChI is InChI=1S/C14H14N4O4/c1-21-10-4-2-8(3-5-10)13-16-17-14(22-13)18-7-9(12(15)20)6-11(18)19/h2-5,9H,6-7H2,1H3,(H2,15,20). The number of aromatic nitrogens is 2. The van der Waals surface area contributed by atoms with Crippen molar-refractivity contribution in [3.8, 4) is 17.2 Å². The minimum Gasteiger partial charge on any atom is -0.497 e. The number of rotatable bonds is 4. The minimum atomic E-state index is -0.524. The number of hydrogen-bond acceptors (Lipinski definition) is 6. The molecule has 1 fully saturated rings. The number of hydrogen-bond donors (Lipinski definition) is 1. The van der Waals surface area contributed by atoms with E-state index in [2.05, 4.69) is 10.2 Å². The molecule has 0 aliphatic carbocycles. The molecule has 0 radical (unpaired) electrons. The summed E-state index contributed by atoms with van der Waals surface area (Å²) in [6.07, 6.45) is 0.0651. The van der Waals surface area contributed by atoms with Crippen LogP contribution in [0.25, 0.3) is 11.5 Å². The molecule has 1 aliphatic heterocycles. The number of carbonyl (C=O) groups is 2. The number of benzene rings is 1. The molecule has 2 amide bonds. The highest BCUT2D eigenvalue weighted by atomic mass is 16.5. The van der Waals surface area contributed by atoms with E-state index in [1.807, 2.05) is 0 Å². The molecule has 2 N–H and O–H groups in total. The van der Waals surface area contributed by atoms with Gasteiger partial charge in [0.2, 0.25) is 17.7 Å². The van der Waals surface area contributed by atoms with Gasteiger partial charge in [0.1, 0.15) is 5.75 Å². The van der Waals surface area contributed by atoms with E-state index in [0.29, 0.717) is 11.3 Å². The normalized spacial score (nSPS) is 17.8. The Hall–Kier alpha value is -2.90. The molecule has 2 aromatic rings. The van der Waals surface area contributed by atoms with Gasteiger partial charge < -0.3 is 14.9 Å². The van der Waals surface area contributed by atoms with Gasteiger partial charge >= 0.3 is 6.01 Å². The van der Waals surface area contributed by atoms with Crippen molar-refractivity contribution in [3.63, 3.8) is 0 Å². The van der Waals surface area contributed by atoms with Gasteiger partial charge in [-0.25, -0.2) is 0 Å². The van der Waals surface area contributed by atoms with Crippen molar-refractivity contribution in [1.29, 1.82) is 0 Å². The highest BCUT2D eigenvalue weighted by molar-refractivity contribution is 5.98. The summed E-state index contributed by atoms with van der Waals surface area (Å²) < 4.78 is 10.6. The fourth-order valence-electron chi connectivity index (χ4n) is 2.26. The van der Waals surface area contributed by atoms with Gasteiger partial charge in [0.25, 0.3) is 0 Å². The van der Waals surface area contributed by atoms with Crippen LogP contribution in [0.4, 0.5) is 6.01 Å². The van der Waals surface area contributed by atoms with Gasteiger partial charge in [0.15, 0.2) is 0 Å². The van der Waals surface area contributed by atoms with E-state index in [-0.39, 0.29) is 30.8 Å². The quantitative estimate of drug-likeness (QED) is 0.884. The number of methoxy groups -OCH3 is 1. The summed E-state index contributed by atoms with van der Waals surface area (Å²) in [6.45, 7) is 0.165. The molecule has 22 heavy (non-hydrogen) atoms. The van der Waals surface area contributed by atoms with Crippen LogP contribution in [0.1, 0.15) is 6.42 Å². The van der Waals surface area contributed by atoms with Crippen LogP contribution in [0.5, 0.6) is 5.75 Å². The number of nitrogens with zero attached hydrogens (tertiary/aromatic N) is 3. The van der Waals surface area contributed by atoms with E-state index in [0.717, 1.165) is 0 Å². The average molecular weight is 302 g/mol. The monoisotopic (exact) mass is 302 g/mol. The summed E-state index contributed by atoms with van der Waals surface area (Å²) in [7, 11) is 1.58. The van der Waals surface area contributed by atoms with E-state index in [1.165, 1.54) is 4.90 Å². The second-order valence-electron chi connectivity index (χ2n) is 4.93. The molecular formula is C14H14N4O4. The predicted molar refractivity (Wildman–Crippen MR) is 75.9 cm³/mol. The zero-order chi connectivity index (χ0) is 15.7. The van der Waals surface area contributed by atoms with E-state index in [4.69, 9.17) is 14.9 Å². The van der Waals surface area contributed by atoms with E-state index < -0.39 is 11.8 Å². The zero-order valence-electron chi connectivity index (χ0n) is 11.9. The molecule has 1 unspecified atom stereocenters. The summed E-state index contributed by atoms with van der Waals surface area (Å²) in [5, 5.41) is 7.79. The van der Waals surface area contributed by atoms with Crippen molar-refractivity contribution in [2.75, 3.05) is 18.6 Å². The molecule has 0 spiro atoms. The molecule has 8 nitrogen and oxygen atoms in total. The topological polar surface area (TPSA) is 112 Å². The smallest absolute Gasteiger partial charge is 0.325 e. The fourth-order valence-corrected chi connectivity index (χ4v) is 2.26. The second kappa shape index (κ2) is 5.47. The van der Waals surface area contributed by atoms with Gasteiger partial charge in [-0.2, -0.15) is 0 Å². The summed E-state index contributed by atoms with van der Waals surface area (Å²) >= 11 is 0. The van der Waals surface area contributed by atoms with Gasteiger partial charge in [0.05, 0.1) is 13.0 Å². The number of nitrogens with two attached hydrogens (primary N) is 1. The number of anilines is 1. The molecular weight excluding hydrogens is 288 g/mol. The molecule has 1 aliphatic rings. The van der Waals surface area contributed by atoms with Crippen molar-refractivity contribution >= 4 is 17.8 Å². The summed E-state index contributed by atoms with van der Waals surface area (Å²) in [5.74, 6) is -0.293. The van der Waals surface area contributed by atoms with Gasteiger partial charge in [-0.15, -0.1) is 5.10 Å². The first-order chi connectivity index (χ1) is 10.6. The van der Waals surface area contributed by atoms with Gasteiger partial charge in [-0.1, -0.05) is 5.10 Å². The third-order valence-corrected chi connectivity index (χ3v) is 3.51. The Morgan fingerprint density at radius 1 is 1.36 bits per heavy atom. The lowest BCUT2D eigenvalue weighted by Gasteiger charge is -2.09. The zero-order valence-corrected chi connectivity index (χ0v) is 11.9. The highest BCUT2D eigenvalue weighted by Gasteiger charge is 2.36. The maximum Gasteiger partial charge on any atom is 0.325 e. The van der Waals surface area contributed by atoms with E-state index >= 15 is 0 Å². The van der Waals surface area contributed by atoms with Crippen LogP contribution >= 0.6 is 0 Å². The van der Waals surface area contributed by atoms with Crippen LogP contribution in [-0.4, -0.2) is 35.7 Å². The fraction of sp³-hybridized carbons (Fsp3) is 0.286. The first-order valence-electron chi connectivity index (χ1n) is 6.66. The Bertz CT molecular complexity index is 710. The molecule has 1 saturated heterocycles. The Balaban J connectivity index is 1.81. The lowest BCUT2D eigenvalue weighted by Crippen LogP contribution is -2.28. The first kappa shape index (κ1) is 14.1. The Labute approximate surface area is 125 Å². The highest BCUT2D eigenvalue weighted by Crippen LogP contribution is 2.27. The molecule has 8 heteroatoms. The van der Waals surface area contributed by atoms with Crippen molar-refractivity contribution in [1.82, 2.24) is 10.2 Å². The van der Waals surface area contributed by atoms with Crippen LogP contribution in [0, 0.1) is 5.92 Å². The SMILES string of the molecule is COc1ccc(-c2nnc(N3CC(C(N)=O)CC3=O)o2)cc1. The Morgan fingerprint density at radius 2 is 2.09 bits per heavy atom. The van der Waals surface area contributed by atoms with Crippen LogP contribution in [0.3, 0.4) is 0 Å². The maximum atomic E-state index is 11.9. The Kier molecular flexibility index (Phi) is 3.50. The number of carbonyl (C=O) groups excluding carboxylic acids is 2. The third-order valence-electron chi connectivity index (χ3n) is 3.51. The summed E-state index contributed by atoms with van der Waals surface area (Å²) in [4.78, 5) is 24.4. The molecule has 3 rings (SSSR count). The summed E-state index contributed by atoms with van der Waals surface area (Å²) in [5.41, 5.74) is 5.93. The molecule has 1 atom stereocenters. The van der Waals surface area contributed by atoms with E-state index in [9.17, 15) is 9.59 Å². The lowest BCUT2D eigenvalue weighted by atomic mass is 10.1. The van der Waals surface area contributed by atoms with Gasteiger partial charge in [-0.3, -0.25) is 14.5 Å². The van der Waals surface area contributed by atoms with Crippen molar-refractivity contribution in [2.24, 2.45) is 11.7 Å². The predicted octanol–water partition coefficient (Wildman–Crippen LogP) is 0.583. The molecule has 114 valence electrons. The minimum absolute atomic E-state index is 0.0651. The first-order valence-corrected chi connectivity index (χ1v) is 6.66. The van der Waals surface area contributed by atoms with Crippen molar-refractivity contribution in [3.05, 3.63) is 24.3 Å². The molecule has 1 aromatic carbocycles. The van der Waals surface area contributed by atoms with Crippen LogP contribution in [0.15, 0.2) is 28.7 Å². The third kappa shape index (κ3) is 2.50. The number of ether oxygens (including phenoxy) is 1. The number of primary amides is 1. The van der Waals surface area contributed by atoms with Gasteiger partial charge in [-0.05, 0) is 24.3 Å². The average Bonchev–Trinajstić information content (AvgIpc) is 3.14. The maximum absolute atomic E-state index is 11.9. The molecule has 2 heterocycles. The Morgan fingerprint density at radius 3 is 2.68 bits per heavy atom. The lowest BCUT2D eigenvalue weighted by molar-refractivity contribution is -0.123.